The molecule has 1 aliphatic rings. The molecule has 146 valence electrons. The summed E-state index contributed by atoms with van der Waals surface area (Å²) >= 11 is 0. The zero-order valence-corrected chi connectivity index (χ0v) is 16.5. The van der Waals surface area contributed by atoms with E-state index < -0.39 is 0 Å². The predicted octanol–water partition coefficient (Wildman–Crippen LogP) is 2.77. The van der Waals surface area contributed by atoms with Crippen molar-refractivity contribution in [1.82, 2.24) is 19.7 Å². The van der Waals surface area contributed by atoms with E-state index in [0.29, 0.717) is 11.9 Å². The second-order valence-electron chi connectivity index (χ2n) is 7.27. The van der Waals surface area contributed by atoms with Gasteiger partial charge in [0.15, 0.2) is 0 Å². The van der Waals surface area contributed by atoms with Gasteiger partial charge in [-0.05, 0) is 56.2 Å². The molecule has 28 heavy (non-hydrogen) atoms. The lowest BCUT2D eigenvalue weighted by Crippen LogP contribution is -2.33. The largest absolute Gasteiger partial charge is 0.384 e. The minimum Gasteiger partial charge on any atom is -0.384 e. The van der Waals surface area contributed by atoms with Crippen molar-refractivity contribution in [2.24, 2.45) is 23.0 Å². The van der Waals surface area contributed by atoms with Crippen LogP contribution in [-0.4, -0.2) is 52.1 Å². The Bertz CT molecular complexity index is 1030. The van der Waals surface area contributed by atoms with E-state index >= 15 is 0 Å². The minimum atomic E-state index is 0.281. The fraction of sp³-hybridized carbons (Fsp3) is 0.400. The SMILES string of the molecule is C=NC(=NC1CC(COC)C1)Nn1ccc(-c2ccc3nnn(C)c3c2)c1C. The van der Waals surface area contributed by atoms with Crippen LogP contribution in [0.2, 0.25) is 0 Å². The number of fused-ring (bicyclic) bond motifs is 1. The first-order chi connectivity index (χ1) is 13.6. The molecule has 1 saturated carbocycles. The maximum Gasteiger partial charge on any atom is 0.237 e. The van der Waals surface area contributed by atoms with E-state index in [1.807, 2.05) is 24.0 Å². The smallest absolute Gasteiger partial charge is 0.237 e. The molecule has 0 unspecified atom stereocenters. The first-order valence-corrected chi connectivity index (χ1v) is 9.37. The highest BCUT2D eigenvalue weighted by atomic mass is 16.5. The zero-order valence-electron chi connectivity index (χ0n) is 16.5. The molecule has 0 aliphatic heterocycles. The fourth-order valence-corrected chi connectivity index (χ4v) is 3.70. The van der Waals surface area contributed by atoms with E-state index in [4.69, 9.17) is 4.74 Å². The Balaban J connectivity index is 1.52. The summed E-state index contributed by atoms with van der Waals surface area (Å²) in [6, 6.07) is 8.52. The van der Waals surface area contributed by atoms with Crippen LogP contribution in [0.1, 0.15) is 18.5 Å². The van der Waals surface area contributed by atoms with Crippen molar-refractivity contribution in [2.45, 2.75) is 25.8 Å². The molecule has 0 radical (unpaired) electrons. The Morgan fingerprint density at radius 1 is 1.36 bits per heavy atom. The number of nitrogens with zero attached hydrogens (tertiary/aromatic N) is 6. The van der Waals surface area contributed by atoms with Crippen molar-refractivity contribution in [3.05, 3.63) is 36.2 Å². The van der Waals surface area contributed by atoms with Crippen LogP contribution in [0.4, 0.5) is 0 Å². The van der Waals surface area contributed by atoms with Gasteiger partial charge in [-0.3, -0.25) is 10.1 Å². The van der Waals surface area contributed by atoms with Crippen LogP contribution in [-0.2, 0) is 11.8 Å². The van der Waals surface area contributed by atoms with Crippen molar-refractivity contribution in [3.8, 4) is 11.1 Å². The van der Waals surface area contributed by atoms with Crippen LogP contribution in [0.25, 0.3) is 22.2 Å². The quantitative estimate of drug-likeness (QED) is 0.546. The number of guanidine groups is 1. The Hall–Kier alpha value is -3.00. The van der Waals surface area contributed by atoms with E-state index in [2.05, 4.69) is 57.6 Å². The molecule has 1 aliphatic carbocycles. The van der Waals surface area contributed by atoms with Crippen LogP contribution in [0, 0.1) is 12.8 Å². The van der Waals surface area contributed by atoms with Crippen LogP contribution in [0.5, 0.6) is 0 Å². The molecular weight excluding hydrogens is 354 g/mol. The summed E-state index contributed by atoms with van der Waals surface area (Å²) < 4.78 is 8.91. The van der Waals surface area contributed by atoms with E-state index in [9.17, 15) is 0 Å². The van der Waals surface area contributed by atoms with Crippen molar-refractivity contribution in [2.75, 3.05) is 19.1 Å². The first kappa shape index (κ1) is 18.4. The number of ether oxygens (including phenoxy) is 1. The van der Waals surface area contributed by atoms with Crippen molar-refractivity contribution < 1.29 is 4.74 Å². The van der Waals surface area contributed by atoms with Gasteiger partial charge in [-0.2, -0.15) is 0 Å². The van der Waals surface area contributed by atoms with Crippen LogP contribution in [0.15, 0.2) is 40.4 Å². The van der Waals surface area contributed by atoms with E-state index in [-0.39, 0.29) is 6.04 Å². The second kappa shape index (κ2) is 7.55. The number of aromatic nitrogens is 4. The standard InChI is InChI=1S/C20H25N7O/c1-13-17(15-5-6-18-19(11-15)26(3)25-23-18)7-8-27(13)24-20(21-2)22-16-9-14(10-16)12-28-4/h5-8,11,14,16H,2,9-10,12H2,1,3-4H3,(H,22,24). The molecule has 8 nitrogen and oxygen atoms in total. The van der Waals surface area contributed by atoms with Crippen molar-refractivity contribution in [3.63, 3.8) is 0 Å². The molecule has 2 aromatic heterocycles. The predicted molar refractivity (Wildman–Crippen MR) is 111 cm³/mol. The topological polar surface area (TPSA) is 81.6 Å². The molecule has 8 heteroatoms. The minimum absolute atomic E-state index is 0.281. The summed E-state index contributed by atoms with van der Waals surface area (Å²) in [5, 5.41) is 8.21. The highest BCUT2D eigenvalue weighted by molar-refractivity contribution is 5.91. The third-order valence-electron chi connectivity index (χ3n) is 5.35. The molecule has 1 fully saturated rings. The Labute approximate surface area is 163 Å². The summed E-state index contributed by atoms with van der Waals surface area (Å²) in [6.45, 7) is 6.52. The van der Waals surface area contributed by atoms with E-state index in [1.165, 1.54) is 0 Å². The van der Waals surface area contributed by atoms with Crippen molar-refractivity contribution >= 4 is 23.7 Å². The van der Waals surface area contributed by atoms with Crippen LogP contribution < -0.4 is 5.43 Å². The summed E-state index contributed by atoms with van der Waals surface area (Å²) in [5.74, 6) is 1.14. The number of aryl methyl sites for hydroxylation is 1. The third-order valence-corrected chi connectivity index (χ3v) is 5.35. The zero-order chi connectivity index (χ0) is 19.7. The highest BCUT2D eigenvalue weighted by Crippen LogP contribution is 2.30. The molecule has 1 N–H and O–H groups in total. The maximum absolute atomic E-state index is 5.20. The number of rotatable bonds is 5. The average molecular weight is 379 g/mol. The Morgan fingerprint density at radius 3 is 2.93 bits per heavy atom. The monoisotopic (exact) mass is 379 g/mol. The molecule has 0 saturated heterocycles. The molecule has 0 bridgehead atoms. The molecule has 4 rings (SSSR count). The third kappa shape index (κ3) is 3.43. The van der Waals surface area contributed by atoms with Crippen LogP contribution in [0.3, 0.4) is 0 Å². The molecule has 0 atom stereocenters. The lowest BCUT2D eigenvalue weighted by molar-refractivity contribution is 0.0999. The number of nitrogens with one attached hydrogen (secondary N) is 1. The summed E-state index contributed by atoms with van der Waals surface area (Å²) in [6.07, 6.45) is 4.04. The Kier molecular flexibility index (Phi) is 4.95. The molecule has 3 aromatic rings. The number of hydrogen-bond acceptors (Lipinski definition) is 4. The van der Waals surface area contributed by atoms with Gasteiger partial charge in [0.2, 0.25) is 5.96 Å². The molecule has 2 heterocycles. The lowest BCUT2D eigenvalue weighted by atomic mass is 9.81. The van der Waals surface area contributed by atoms with Crippen LogP contribution >= 0.6 is 0 Å². The molecule has 1 aromatic carbocycles. The van der Waals surface area contributed by atoms with Gasteiger partial charge in [0, 0.05) is 38.2 Å². The first-order valence-electron chi connectivity index (χ1n) is 9.37. The normalized spacial score (nSPS) is 19.6. The number of aliphatic imine (C=N–C) groups is 2. The van der Waals surface area contributed by atoms with E-state index in [0.717, 1.165) is 47.3 Å². The molecule has 0 amide bonds. The number of hydrogen-bond donors (Lipinski definition) is 1. The fourth-order valence-electron chi connectivity index (χ4n) is 3.70. The van der Waals surface area contributed by atoms with Gasteiger partial charge >= 0.3 is 0 Å². The summed E-state index contributed by atoms with van der Waals surface area (Å²) in [5.41, 5.74) is 8.45. The summed E-state index contributed by atoms with van der Waals surface area (Å²) in [4.78, 5) is 8.74. The van der Waals surface area contributed by atoms with Gasteiger partial charge in [-0.15, -0.1) is 5.10 Å². The lowest BCUT2D eigenvalue weighted by Gasteiger charge is -2.32. The average Bonchev–Trinajstić information content (AvgIpc) is 3.22. The summed E-state index contributed by atoms with van der Waals surface area (Å²) in [7, 11) is 3.64. The van der Waals surface area contributed by atoms with Crippen molar-refractivity contribution in [1.29, 1.82) is 0 Å². The van der Waals surface area contributed by atoms with Gasteiger partial charge in [-0.25, -0.2) is 14.7 Å². The van der Waals surface area contributed by atoms with Gasteiger partial charge in [0.05, 0.1) is 11.6 Å². The molecular formula is C20H25N7O. The van der Waals surface area contributed by atoms with E-state index in [1.54, 1.807) is 11.8 Å². The van der Waals surface area contributed by atoms with Gasteiger partial charge in [-0.1, -0.05) is 11.3 Å². The van der Waals surface area contributed by atoms with Gasteiger partial charge in [0.25, 0.3) is 0 Å². The second-order valence-corrected chi connectivity index (χ2v) is 7.27. The molecule has 0 spiro atoms. The Morgan fingerprint density at radius 2 is 2.18 bits per heavy atom. The number of benzene rings is 1. The number of methoxy groups -OCH3 is 1. The highest BCUT2D eigenvalue weighted by Gasteiger charge is 2.29. The van der Waals surface area contributed by atoms with Gasteiger partial charge in [0.1, 0.15) is 5.52 Å². The maximum atomic E-state index is 5.20. The van der Waals surface area contributed by atoms with Gasteiger partial charge < -0.3 is 4.74 Å².